The van der Waals surface area contributed by atoms with Crippen molar-refractivity contribution in [1.29, 1.82) is 0 Å². The monoisotopic (exact) mass is 381 g/mol. The molecule has 3 aromatic rings. The Kier molecular flexibility index (Phi) is 5.03. The van der Waals surface area contributed by atoms with Gasteiger partial charge >= 0.3 is 0 Å². The molecule has 144 valence electrons. The Hall–Kier alpha value is -3.26. The number of nitrogens with one attached hydrogen (secondary N) is 1. The Bertz CT molecular complexity index is 963. The molecule has 1 aromatic heterocycles. The minimum absolute atomic E-state index is 0.224. The zero-order valence-electron chi connectivity index (χ0n) is 15.4. The molecule has 1 fully saturated rings. The largest absolute Gasteiger partial charge is 0.378 e. The van der Waals surface area contributed by atoms with Gasteiger partial charge in [-0.1, -0.05) is 5.21 Å². The normalized spacial score (nSPS) is 14.1. The van der Waals surface area contributed by atoms with E-state index in [-0.39, 0.29) is 17.4 Å². The molecule has 2 heterocycles. The molecule has 1 saturated heterocycles. The molecule has 28 heavy (non-hydrogen) atoms. The van der Waals surface area contributed by atoms with E-state index in [1.54, 1.807) is 19.1 Å². The molecule has 0 saturated carbocycles. The summed E-state index contributed by atoms with van der Waals surface area (Å²) >= 11 is 0. The summed E-state index contributed by atoms with van der Waals surface area (Å²) in [5, 5.41) is 10.9. The van der Waals surface area contributed by atoms with Crippen molar-refractivity contribution in [2.24, 2.45) is 0 Å². The van der Waals surface area contributed by atoms with Gasteiger partial charge in [0.2, 0.25) is 0 Å². The molecule has 0 bridgehead atoms. The lowest BCUT2D eigenvalue weighted by Crippen LogP contribution is -2.36. The van der Waals surface area contributed by atoms with E-state index in [4.69, 9.17) is 4.74 Å². The first-order chi connectivity index (χ1) is 13.6. The highest BCUT2D eigenvalue weighted by atomic mass is 19.1. The van der Waals surface area contributed by atoms with Gasteiger partial charge in [-0.2, -0.15) is 0 Å². The summed E-state index contributed by atoms with van der Waals surface area (Å²) in [5.41, 5.74) is 3.22. The van der Waals surface area contributed by atoms with Crippen LogP contribution in [0.1, 0.15) is 16.2 Å². The molecule has 4 rings (SSSR count). The number of benzene rings is 2. The van der Waals surface area contributed by atoms with Gasteiger partial charge in [-0.25, -0.2) is 9.07 Å². The first-order valence-electron chi connectivity index (χ1n) is 9.04. The number of nitrogens with zero attached hydrogens (tertiary/aromatic N) is 4. The Morgan fingerprint density at radius 1 is 1.04 bits per heavy atom. The summed E-state index contributed by atoms with van der Waals surface area (Å²) in [6, 6.07) is 13.5. The van der Waals surface area contributed by atoms with E-state index in [9.17, 15) is 9.18 Å². The van der Waals surface area contributed by atoms with E-state index < -0.39 is 0 Å². The van der Waals surface area contributed by atoms with Crippen LogP contribution in [0, 0.1) is 12.7 Å². The molecule has 0 unspecified atom stereocenters. The Morgan fingerprint density at radius 3 is 2.36 bits per heavy atom. The van der Waals surface area contributed by atoms with Crippen molar-refractivity contribution in [2.75, 3.05) is 36.5 Å². The zero-order valence-corrected chi connectivity index (χ0v) is 15.4. The predicted molar refractivity (Wildman–Crippen MR) is 103 cm³/mol. The van der Waals surface area contributed by atoms with Crippen molar-refractivity contribution in [3.8, 4) is 5.69 Å². The highest BCUT2D eigenvalue weighted by Gasteiger charge is 2.18. The van der Waals surface area contributed by atoms with E-state index in [1.165, 1.54) is 16.8 Å². The van der Waals surface area contributed by atoms with Crippen LogP contribution >= 0.6 is 0 Å². The number of hydrogen-bond acceptors (Lipinski definition) is 5. The van der Waals surface area contributed by atoms with Gasteiger partial charge in [-0.3, -0.25) is 4.79 Å². The molecule has 1 aliphatic rings. The van der Waals surface area contributed by atoms with Crippen LogP contribution in [0.5, 0.6) is 0 Å². The first kappa shape index (κ1) is 18.1. The smallest absolute Gasteiger partial charge is 0.278 e. The van der Waals surface area contributed by atoms with Gasteiger partial charge in [0.1, 0.15) is 5.82 Å². The molecule has 7 nitrogen and oxygen atoms in total. The quantitative estimate of drug-likeness (QED) is 0.752. The third-order valence-corrected chi connectivity index (χ3v) is 4.68. The van der Waals surface area contributed by atoms with Crippen molar-refractivity contribution in [2.45, 2.75) is 6.92 Å². The predicted octanol–water partition coefficient (Wildman–Crippen LogP) is 2.80. The molecule has 1 N–H and O–H groups in total. The number of aromatic nitrogens is 3. The summed E-state index contributed by atoms with van der Waals surface area (Å²) in [5.74, 6) is -0.676. The highest BCUT2D eigenvalue weighted by Crippen LogP contribution is 2.20. The molecule has 8 heteroatoms. The fourth-order valence-electron chi connectivity index (χ4n) is 3.13. The zero-order chi connectivity index (χ0) is 19.5. The fraction of sp³-hybridized carbons (Fsp3) is 0.250. The summed E-state index contributed by atoms with van der Waals surface area (Å²) in [6.07, 6.45) is 0. The summed E-state index contributed by atoms with van der Waals surface area (Å²) < 4.78 is 20.0. The lowest BCUT2D eigenvalue weighted by Gasteiger charge is -2.28. The number of morpholine rings is 1. The van der Waals surface area contributed by atoms with Gasteiger partial charge in [-0.15, -0.1) is 5.10 Å². The van der Waals surface area contributed by atoms with E-state index in [0.29, 0.717) is 17.1 Å². The number of halogens is 1. The third-order valence-electron chi connectivity index (χ3n) is 4.68. The van der Waals surface area contributed by atoms with Gasteiger partial charge in [0, 0.05) is 24.5 Å². The molecule has 1 aliphatic heterocycles. The number of carbonyl (C=O) groups is 1. The fourth-order valence-corrected chi connectivity index (χ4v) is 3.13. The van der Waals surface area contributed by atoms with Crippen LogP contribution in [-0.2, 0) is 4.74 Å². The summed E-state index contributed by atoms with van der Waals surface area (Å²) in [7, 11) is 0. The second-order valence-corrected chi connectivity index (χ2v) is 6.51. The summed E-state index contributed by atoms with van der Waals surface area (Å²) in [6.45, 7) is 4.91. The molecular weight excluding hydrogens is 361 g/mol. The van der Waals surface area contributed by atoms with Crippen LogP contribution in [0.3, 0.4) is 0 Å². The van der Waals surface area contributed by atoms with Gasteiger partial charge in [0.25, 0.3) is 5.91 Å². The molecular formula is C20H20FN5O2. The second-order valence-electron chi connectivity index (χ2n) is 6.51. The first-order valence-corrected chi connectivity index (χ1v) is 9.04. The van der Waals surface area contributed by atoms with Crippen molar-refractivity contribution in [3.63, 3.8) is 0 Å². The minimum atomic E-state index is -0.343. The van der Waals surface area contributed by atoms with E-state index in [0.717, 1.165) is 32.0 Å². The van der Waals surface area contributed by atoms with Gasteiger partial charge in [0.05, 0.1) is 24.6 Å². The average molecular weight is 381 g/mol. The lowest BCUT2D eigenvalue weighted by molar-refractivity contribution is 0.102. The average Bonchev–Trinajstić information content (AvgIpc) is 3.11. The molecule has 0 atom stereocenters. The lowest BCUT2D eigenvalue weighted by atomic mass is 10.2. The van der Waals surface area contributed by atoms with Gasteiger partial charge in [-0.05, 0) is 55.5 Å². The molecule has 0 spiro atoms. The third kappa shape index (κ3) is 3.72. The number of ether oxygens (including phenoxy) is 1. The number of hydrogen-bond donors (Lipinski definition) is 1. The van der Waals surface area contributed by atoms with Crippen LogP contribution < -0.4 is 10.2 Å². The van der Waals surface area contributed by atoms with Crippen molar-refractivity contribution in [1.82, 2.24) is 15.0 Å². The van der Waals surface area contributed by atoms with E-state index >= 15 is 0 Å². The maximum absolute atomic E-state index is 13.1. The van der Waals surface area contributed by atoms with Gasteiger partial charge in [0.15, 0.2) is 5.69 Å². The molecule has 2 aromatic carbocycles. The van der Waals surface area contributed by atoms with E-state index in [2.05, 4.69) is 20.5 Å². The summed E-state index contributed by atoms with van der Waals surface area (Å²) in [4.78, 5) is 14.8. The molecule has 1 amide bonds. The van der Waals surface area contributed by atoms with Crippen LogP contribution in [0.4, 0.5) is 15.8 Å². The van der Waals surface area contributed by atoms with Crippen LogP contribution in [0.2, 0.25) is 0 Å². The molecule has 0 aliphatic carbocycles. The number of amides is 1. The SMILES string of the molecule is Cc1c(C(=O)Nc2ccc(N3CCOCC3)cc2)nnn1-c1ccc(F)cc1. The topological polar surface area (TPSA) is 72.3 Å². The van der Waals surface area contributed by atoms with Crippen molar-refractivity contribution in [3.05, 3.63) is 65.7 Å². The van der Waals surface area contributed by atoms with Crippen molar-refractivity contribution >= 4 is 17.3 Å². The number of carbonyl (C=O) groups excluding carboxylic acids is 1. The van der Waals surface area contributed by atoms with Crippen LogP contribution in [0.25, 0.3) is 5.69 Å². The Labute approximate surface area is 161 Å². The highest BCUT2D eigenvalue weighted by molar-refractivity contribution is 6.03. The standard InChI is InChI=1S/C20H20FN5O2/c1-14-19(23-24-26(14)18-6-2-15(21)3-7-18)20(27)22-16-4-8-17(9-5-16)25-10-12-28-13-11-25/h2-9H,10-13H2,1H3,(H,22,27). The second kappa shape index (κ2) is 7.77. The Morgan fingerprint density at radius 2 is 1.68 bits per heavy atom. The number of rotatable bonds is 4. The number of anilines is 2. The van der Waals surface area contributed by atoms with Crippen LogP contribution in [0.15, 0.2) is 48.5 Å². The minimum Gasteiger partial charge on any atom is -0.378 e. The maximum Gasteiger partial charge on any atom is 0.278 e. The van der Waals surface area contributed by atoms with Crippen LogP contribution in [-0.4, -0.2) is 47.2 Å². The van der Waals surface area contributed by atoms with Gasteiger partial charge < -0.3 is 15.0 Å². The Balaban J connectivity index is 1.47. The maximum atomic E-state index is 13.1. The van der Waals surface area contributed by atoms with E-state index in [1.807, 2.05) is 24.3 Å². The van der Waals surface area contributed by atoms with Crippen molar-refractivity contribution < 1.29 is 13.9 Å². The molecule has 0 radical (unpaired) electrons.